The molecule has 1 aromatic carbocycles. The van der Waals surface area contributed by atoms with E-state index < -0.39 is 5.97 Å². The molecular weight excluding hydrogens is 248 g/mol. The van der Waals surface area contributed by atoms with Gasteiger partial charge in [-0.2, -0.15) is 5.10 Å². The van der Waals surface area contributed by atoms with Crippen molar-refractivity contribution in [3.8, 4) is 5.75 Å². The summed E-state index contributed by atoms with van der Waals surface area (Å²) in [6.45, 7) is 0.211. The number of aromatic nitrogens is 2. The van der Waals surface area contributed by atoms with Crippen LogP contribution in [0.1, 0.15) is 16.1 Å². The van der Waals surface area contributed by atoms with Crippen molar-refractivity contribution >= 4 is 5.97 Å². The largest absolute Gasteiger partial charge is 0.485 e. The first-order chi connectivity index (χ1) is 9.22. The molecule has 2 rings (SSSR count). The zero-order valence-corrected chi connectivity index (χ0v) is 10.2. The molecule has 6 nitrogen and oxygen atoms in total. The number of aliphatic hydroxyl groups excluding tert-OH is 1. The lowest BCUT2D eigenvalue weighted by atomic mass is 10.2. The van der Waals surface area contributed by atoms with E-state index in [1.165, 1.54) is 10.9 Å². The maximum atomic E-state index is 11.2. The van der Waals surface area contributed by atoms with E-state index in [0.717, 1.165) is 5.56 Å². The molecule has 0 bridgehead atoms. The third kappa shape index (κ3) is 3.11. The Morgan fingerprint density at radius 2 is 2.05 bits per heavy atom. The van der Waals surface area contributed by atoms with E-state index in [2.05, 4.69) is 5.10 Å². The van der Waals surface area contributed by atoms with E-state index in [1.807, 2.05) is 30.3 Å². The molecule has 0 aliphatic heterocycles. The second-order valence-corrected chi connectivity index (χ2v) is 3.88. The number of carboxylic acids is 1. The lowest BCUT2D eigenvalue weighted by molar-refractivity contribution is 0.0676. The number of ether oxygens (including phenoxy) is 1. The minimum absolute atomic E-state index is 0.0509. The number of rotatable bonds is 6. The molecule has 100 valence electrons. The van der Waals surface area contributed by atoms with Crippen molar-refractivity contribution in [3.63, 3.8) is 0 Å². The molecule has 0 saturated heterocycles. The highest BCUT2D eigenvalue weighted by atomic mass is 16.5. The molecule has 1 aromatic heterocycles. The molecule has 0 atom stereocenters. The number of aromatic carboxylic acids is 1. The van der Waals surface area contributed by atoms with Gasteiger partial charge in [-0.15, -0.1) is 0 Å². The predicted molar refractivity (Wildman–Crippen MR) is 67.0 cm³/mol. The average Bonchev–Trinajstić information content (AvgIpc) is 2.81. The summed E-state index contributed by atoms with van der Waals surface area (Å²) in [6, 6.07) is 9.43. The van der Waals surface area contributed by atoms with Crippen LogP contribution in [0.4, 0.5) is 0 Å². The molecule has 0 saturated carbocycles. The third-order valence-electron chi connectivity index (χ3n) is 2.56. The minimum Gasteiger partial charge on any atom is -0.485 e. The lowest BCUT2D eigenvalue weighted by Gasteiger charge is -2.06. The molecule has 1 heterocycles. The number of benzene rings is 1. The summed E-state index contributed by atoms with van der Waals surface area (Å²) in [6.07, 6.45) is 1.35. The molecule has 0 unspecified atom stereocenters. The highest BCUT2D eigenvalue weighted by Gasteiger charge is 2.18. The van der Waals surface area contributed by atoms with Gasteiger partial charge in [0.15, 0.2) is 11.4 Å². The topological polar surface area (TPSA) is 84.6 Å². The first-order valence-electron chi connectivity index (χ1n) is 5.79. The number of carbonyl (C=O) groups is 1. The van der Waals surface area contributed by atoms with Crippen LogP contribution >= 0.6 is 0 Å². The van der Waals surface area contributed by atoms with Crippen molar-refractivity contribution in [2.24, 2.45) is 0 Å². The SMILES string of the molecule is O=C(O)c1c(OCc2ccccc2)cnn1CCO. The molecule has 6 heteroatoms. The second-order valence-electron chi connectivity index (χ2n) is 3.88. The fourth-order valence-electron chi connectivity index (χ4n) is 1.69. The fourth-order valence-corrected chi connectivity index (χ4v) is 1.69. The average molecular weight is 262 g/mol. The van der Waals surface area contributed by atoms with Crippen molar-refractivity contribution in [3.05, 3.63) is 47.8 Å². The molecule has 0 aliphatic carbocycles. The number of carboxylic acid groups (broad SMARTS) is 1. The van der Waals surface area contributed by atoms with Crippen molar-refractivity contribution < 1.29 is 19.7 Å². The van der Waals surface area contributed by atoms with E-state index in [1.54, 1.807) is 0 Å². The van der Waals surface area contributed by atoms with Crippen LogP contribution in [0.25, 0.3) is 0 Å². The van der Waals surface area contributed by atoms with Gasteiger partial charge in [0, 0.05) is 0 Å². The Kier molecular flexibility index (Phi) is 4.15. The van der Waals surface area contributed by atoms with Crippen LogP contribution in [0.5, 0.6) is 5.75 Å². The van der Waals surface area contributed by atoms with Crippen molar-refractivity contribution in [1.82, 2.24) is 9.78 Å². The Morgan fingerprint density at radius 3 is 2.68 bits per heavy atom. The third-order valence-corrected chi connectivity index (χ3v) is 2.56. The van der Waals surface area contributed by atoms with Crippen LogP contribution in [0.2, 0.25) is 0 Å². The van der Waals surface area contributed by atoms with Crippen LogP contribution in [-0.4, -0.2) is 32.6 Å². The zero-order chi connectivity index (χ0) is 13.7. The van der Waals surface area contributed by atoms with E-state index in [0.29, 0.717) is 0 Å². The van der Waals surface area contributed by atoms with E-state index in [9.17, 15) is 4.79 Å². The van der Waals surface area contributed by atoms with Crippen LogP contribution < -0.4 is 4.74 Å². The summed E-state index contributed by atoms with van der Waals surface area (Å²) in [5, 5.41) is 21.9. The number of aliphatic hydroxyl groups is 1. The first-order valence-corrected chi connectivity index (χ1v) is 5.79. The van der Waals surface area contributed by atoms with Crippen LogP contribution in [0, 0.1) is 0 Å². The Hall–Kier alpha value is -2.34. The maximum Gasteiger partial charge on any atom is 0.358 e. The Morgan fingerprint density at radius 1 is 1.32 bits per heavy atom. The summed E-state index contributed by atoms with van der Waals surface area (Å²) in [5.41, 5.74) is 0.888. The van der Waals surface area contributed by atoms with Gasteiger partial charge in [-0.25, -0.2) is 4.79 Å². The number of hydrogen-bond donors (Lipinski definition) is 2. The summed E-state index contributed by atoms with van der Waals surface area (Å²) in [5.74, 6) is -0.932. The molecule has 0 radical (unpaired) electrons. The summed E-state index contributed by atoms with van der Waals surface area (Å²) in [4.78, 5) is 11.2. The molecule has 0 aliphatic rings. The molecule has 0 fully saturated rings. The fraction of sp³-hybridized carbons (Fsp3) is 0.231. The van der Waals surface area contributed by atoms with Gasteiger partial charge in [-0.3, -0.25) is 4.68 Å². The van der Waals surface area contributed by atoms with Gasteiger partial charge in [0.2, 0.25) is 0 Å². The second kappa shape index (κ2) is 6.01. The lowest BCUT2D eigenvalue weighted by Crippen LogP contribution is -2.13. The Bertz CT molecular complexity index is 551. The van der Waals surface area contributed by atoms with Gasteiger partial charge in [0.05, 0.1) is 19.3 Å². The quantitative estimate of drug-likeness (QED) is 0.815. The van der Waals surface area contributed by atoms with Crippen molar-refractivity contribution in [2.75, 3.05) is 6.61 Å². The Labute approximate surface area is 109 Å². The zero-order valence-electron chi connectivity index (χ0n) is 10.2. The Balaban J connectivity index is 2.14. The summed E-state index contributed by atoms with van der Waals surface area (Å²) >= 11 is 0. The van der Waals surface area contributed by atoms with Crippen LogP contribution in [0.3, 0.4) is 0 Å². The molecule has 19 heavy (non-hydrogen) atoms. The normalized spacial score (nSPS) is 10.4. The molecule has 0 amide bonds. The minimum atomic E-state index is -1.13. The van der Waals surface area contributed by atoms with E-state index in [-0.39, 0.29) is 31.2 Å². The first kappa shape index (κ1) is 13.1. The van der Waals surface area contributed by atoms with Gasteiger partial charge in [0.25, 0.3) is 0 Å². The summed E-state index contributed by atoms with van der Waals surface area (Å²) in [7, 11) is 0. The van der Waals surface area contributed by atoms with Crippen molar-refractivity contribution in [1.29, 1.82) is 0 Å². The van der Waals surface area contributed by atoms with Gasteiger partial charge in [-0.05, 0) is 5.56 Å². The van der Waals surface area contributed by atoms with Gasteiger partial charge < -0.3 is 14.9 Å². The van der Waals surface area contributed by atoms with Crippen LogP contribution in [-0.2, 0) is 13.2 Å². The highest BCUT2D eigenvalue weighted by molar-refractivity contribution is 5.88. The maximum absolute atomic E-state index is 11.2. The predicted octanol–water partition coefficient (Wildman–Crippen LogP) is 1.15. The van der Waals surface area contributed by atoms with E-state index >= 15 is 0 Å². The van der Waals surface area contributed by atoms with Gasteiger partial charge in [-0.1, -0.05) is 30.3 Å². The van der Waals surface area contributed by atoms with Gasteiger partial charge >= 0.3 is 5.97 Å². The highest BCUT2D eigenvalue weighted by Crippen LogP contribution is 2.19. The smallest absolute Gasteiger partial charge is 0.358 e. The van der Waals surface area contributed by atoms with E-state index in [4.69, 9.17) is 14.9 Å². The summed E-state index contributed by atoms with van der Waals surface area (Å²) < 4.78 is 6.68. The molecule has 0 spiro atoms. The molecular formula is C13H14N2O4. The standard InChI is InChI=1S/C13H14N2O4/c16-7-6-15-12(13(17)18)11(8-14-15)19-9-10-4-2-1-3-5-10/h1-5,8,16H,6-7,9H2,(H,17,18). The monoisotopic (exact) mass is 262 g/mol. The molecule has 2 N–H and O–H groups in total. The van der Waals surface area contributed by atoms with Gasteiger partial charge in [0.1, 0.15) is 6.61 Å². The molecule has 2 aromatic rings. The van der Waals surface area contributed by atoms with Crippen molar-refractivity contribution in [2.45, 2.75) is 13.2 Å². The number of nitrogens with zero attached hydrogens (tertiary/aromatic N) is 2. The van der Waals surface area contributed by atoms with Crippen LogP contribution in [0.15, 0.2) is 36.5 Å². The number of hydrogen-bond acceptors (Lipinski definition) is 4.